The number of rotatable bonds is 7. The van der Waals surface area contributed by atoms with Crippen LogP contribution in [0.15, 0.2) is 18.2 Å². The lowest BCUT2D eigenvalue weighted by molar-refractivity contribution is 0.317. The molecule has 1 aromatic carbocycles. The average Bonchev–Trinajstić information content (AvgIpc) is 2.44. The molecule has 0 saturated heterocycles. The van der Waals surface area contributed by atoms with E-state index in [9.17, 15) is 0 Å². The Kier molecular flexibility index (Phi) is 6.05. The summed E-state index contributed by atoms with van der Waals surface area (Å²) in [5, 5.41) is 3.59. The van der Waals surface area contributed by atoms with Gasteiger partial charge in [0, 0.05) is 6.04 Å². The Morgan fingerprint density at radius 1 is 1.42 bits per heavy atom. The summed E-state index contributed by atoms with van der Waals surface area (Å²) >= 11 is 1.88. The number of hydrogen-bond acceptors (Lipinski definition) is 3. The van der Waals surface area contributed by atoms with Gasteiger partial charge in [-0.15, -0.1) is 0 Å². The third kappa shape index (κ3) is 4.15. The molecule has 1 atom stereocenters. The minimum absolute atomic E-state index is 0.517. The van der Waals surface area contributed by atoms with Gasteiger partial charge in [-0.1, -0.05) is 13.0 Å². The van der Waals surface area contributed by atoms with Crippen LogP contribution < -0.4 is 10.1 Å². The van der Waals surface area contributed by atoms with Crippen molar-refractivity contribution in [1.82, 2.24) is 5.32 Å². The zero-order valence-corrected chi connectivity index (χ0v) is 12.9. The molecule has 1 unspecified atom stereocenters. The number of thioether (sulfide) groups is 1. The molecule has 19 heavy (non-hydrogen) atoms. The molecule has 0 fully saturated rings. The first kappa shape index (κ1) is 14.7. The second kappa shape index (κ2) is 7.81. The zero-order chi connectivity index (χ0) is 13.5. The highest BCUT2D eigenvalue weighted by molar-refractivity contribution is 7.98. The number of aryl methyl sites for hydroxylation is 1. The highest BCUT2D eigenvalue weighted by atomic mass is 32.2. The van der Waals surface area contributed by atoms with Crippen LogP contribution in [0.4, 0.5) is 0 Å². The van der Waals surface area contributed by atoms with Crippen LogP contribution in [0.1, 0.15) is 43.4 Å². The number of hydrogen-bond donors (Lipinski definition) is 1. The number of ether oxygens (including phenoxy) is 1. The Labute approximate surface area is 121 Å². The largest absolute Gasteiger partial charge is 0.494 e. The van der Waals surface area contributed by atoms with E-state index >= 15 is 0 Å². The van der Waals surface area contributed by atoms with Crippen LogP contribution in [0.3, 0.4) is 0 Å². The molecule has 0 amide bonds. The Balaban J connectivity index is 2.01. The van der Waals surface area contributed by atoms with Gasteiger partial charge in [0.05, 0.1) is 6.61 Å². The Hall–Kier alpha value is -0.670. The van der Waals surface area contributed by atoms with Crippen LogP contribution in [0.2, 0.25) is 0 Å². The molecular weight excluding hydrogens is 254 g/mol. The van der Waals surface area contributed by atoms with Crippen LogP contribution in [0, 0.1) is 0 Å². The van der Waals surface area contributed by atoms with Crippen LogP contribution in [-0.2, 0) is 6.42 Å². The summed E-state index contributed by atoms with van der Waals surface area (Å²) in [5.74, 6) is 2.20. The van der Waals surface area contributed by atoms with Crippen molar-refractivity contribution < 1.29 is 4.74 Å². The van der Waals surface area contributed by atoms with E-state index in [1.807, 2.05) is 11.8 Å². The minimum atomic E-state index is 0.517. The first-order valence-electron chi connectivity index (χ1n) is 7.33. The first-order chi connectivity index (χ1) is 9.35. The summed E-state index contributed by atoms with van der Waals surface area (Å²) in [6, 6.07) is 7.15. The van der Waals surface area contributed by atoms with Crippen molar-refractivity contribution in [3.05, 3.63) is 29.3 Å². The van der Waals surface area contributed by atoms with Gasteiger partial charge >= 0.3 is 0 Å². The number of nitrogens with one attached hydrogen (secondary N) is 1. The molecule has 0 radical (unpaired) electrons. The Morgan fingerprint density at radius 3 is 3.11 bits per heavy atom. The van der Waals surface area contributed by atoms with E-state index in [4.69, 9.17) is 4.74 Å². The summed E-state index contributed by atoms with van der Waals surface area (Å²) in [6.07, 6.45) is 7.01. The molecule has 2 rings (SSSR count). The number of benzene rings is 1. The minimum Gasteiger partial charge on any atom is -0.494 e. The fourth-order valence-corrected chi connectivity index (χ4v) is 3.13. The molecule has 0 aromatic heterocycles. The molecule has 1 N–H and O–H groups in total. The fraction of sp³-hybridized carbons (Fsp3) is 0.625. The van der Waals surface area contributed by atoms with Gasteiger partial charge in [0.2, 0.25) is 0 Å². The summed E-state index contributed by atoms with van der Waals surface area (Å²) in [7, 11) is 0. The van der Waals surface area contributed by atoms with E-state index in [-0.39, 0.29) is 0 Å². The Morgan fingerprint density at radius 2 is 2.32 bits per heavy atom. The molecule has 1 aliphatic carbocycles. The lowest BCUT2D eigenvalue weighted by atomic mass is 9.87. The molecule has 2 nitrogen and oxygen atoms in total. The maximum atomic E-state index is 5.86. The summed E-state index contributed by atoms with van der Waals surface area (Å²) in [4.78, 5) is 0. The predicted octanol–water partition coefficient (Wildman–Crippen LogP) is 3.81. The van der Waals surface area contributed by atoms with Gasteiger partial charge < -0.3 is 10.1 Å². The fourth-order valence-electron chi connectivity index (χ4n) is 2.72. The molecule has 0 saturated carbocycles. The van der Waals surface area contributed by atoms with Crippen molar-refractivity contribution in [2.45, 2.75) is 38.6 Å². The molecule has 0 aliphatic heterocycles. The van der Waals surface area contributed by atoms with E-state index in [2.05, 4.69) is 36.7 Å². The zero-order valence-electron chi connectivity index (χ0n) is 12.1. The van der Waals surface area contributed by atoms with E-state index in [0.29, 0.717) is 6.04 Å². The third-order valence-electron chi connectivity index (χ3n) is 3.64. The average molecular weight is 279 g/mol. The van der Waals surface area contributed by atoms with E-state index in [1.54, 1.807) is 0 Å². The topological polar surface area (TPSA) is 21.3 Å². The molecule has 1 aliphatic rings. The van der Waals surface area contributed by atoms with Crippen LogP contribution in [0.5, 0.6) is 5.75 Å². The van der Waals surface area contributed by atoms with Gasteiger partial charge in [-0.3, -0.25) is 0 Å². The smallest absolute Gasteiger partial charge is 0.119 e. The van der Waals surface area contributed by atoms with Gasteiger partial charge in [-0.2, -0.15) is 11.8 Å². The van der Waals surface area contributed by atoms with E-state index in [0.717, 1.165) is 25.3 Å². The third-order valence-corrected chi connectivity index (χ3v) is 4.34. The van der Waals surface area contributed by atoms with Crippen molar-refractivity contribution in [3.8, 4) is 5.75 Å². The maximum Gasteiger partial charge on any atom is 0.119 e. The molecule has 0 bridgehead atoms. The first-order valence-corrected chi connectivity index (χ1v) is 8.72. The quantitative estimate of drug-likeness (QED) is 0.767. The molecule has 0 heterocycles. The van der Waals surface area contributed by atoms with Crippen LogP contribution in [0.25, 0.3) is 0 Å². The predicted molar refractivity (Wildman–Crippen MR) is 84.3 cm³/mol. The molecule has 3 heteroatoms. The number of fused-ring (bicyclic) bond motifs is 1. The Bertz CT molecular complexity index is 394. The highest BCUT2D eigenvalue weighted by Crippen LogP contribution is 2.32. The van der Waals surface area contributed by atoms with E-state index < -0.39 is 0 Å². The van der Waals surface area contributed by atoms with Gasteiger partial charge in [0.1, 0.15) is 5.75 Å². The second-order valence-electron chi connectivity index (χ2n) is 5.06. The SMILES string of the molecule is CCNC1CCCc2ccc(OCCCSC)cc21. The van der Waals surface area contributed by atoms with Crippen LogP contribution >= 0.6 is 11.8 Å². The lowest BCUT2D eigenvalue weighted by Crippen LogP contribution is -2.24. The summed E-state index contributed by atoms with van der Waals surface area (Å²) < 4.78 is 5.86. The van der Waals surface area contributed by atoms with Gasteiger partial charge in [0.15, 0.2) is 0 Å². The normalized spacial score (nSPS) is 18.1. The van der Waals surface area contributed by atoms with Gasteiger partial charge in [-0.25, -0.2) is 0 Å². The monoisotopic (exact) mass is 279 g/mol. The lowest BCUT2D eigenvalue weighted by Gasteiger charge is -2.26. The van der Waals surface area contributed by atoms with Crippen LogP contribution in [-0.4, -0.2) is 25.2 Å². The van der Waals surface area contributed by atoms with Crippen molar-refractivity contribution in [3.63, 3.8) is 0 Å². The second-order valence-corrected chi connectivity index (χ2v) is 6.04. The van der Waals surface area contributed by atoms with Gasteiger partial charge in [-0.05, 0) is 67.5 Å². The van der Waals surface area contributed by atoms with Crippen molar-refractivity contribution in [1.29, 1.82) is 0 Å². The maximum absolute atomic E-state index is 5.86. The van der Waals surface area contributed by atoms with E-state index in [1.165, 1.54) is 36.1 Å². The van der Waals surface area contributed by atoms with Crippen molar-refractivity contribution >= 4 is 11.8 Å². The van der Waals surface area contributed by atoms with Crippen molar-refractivity contribution in [2.24, 2.45) is 0 Å². The summed E-state index contributed by atoms with van der Waals surface area (Å²) in [6.45, 7) is 4.03. The molecule has 1 aromatic rings. The molecule has 0 spiro atoms. The van der Waals surface area contributed by atoms with Gasteiger partial charge in [0.25, 0.3) is 0 Å². The standard InChI is InChI=1S/C16H25NOS/c1-3-17-16-7-4-6-13-8-9-14(12-15(13)16)18-10-5-11-19-2/h8-9,12,16-17H,3-7,10-11H2,1-2H3. The summed E-state index contributed by atoms with van der Waals surface area (Å²) in [5.41, 5.74) is 2.95. The molecular formula is C16H25NOS. The highest BCUT2D eigenvalue weighted by Gasteiger charge is 2.19. The molecule has 106 valence electrons. The van der Waals surface area contributed by atoms with Crippen molar-refractivity contribution in [2.75, 3.05) is 25.2 Å².